The van der Waals surface area contributed by atoms with Gasteiger partial charge in [-0.1, -0.05) is 6.07 Å². The number of nitriles is 2. The zero-order valence-electron chi connectivity index (χ0n) is 12.4. The Kier molecular flexibility index (Phi) is 3.15. The predicted octanol–water partition coefficient (Wildman–Crippen LogP) is 2.09. The van der Waals surface area contributed by atoms with Crippen LogP contribution in [0.2, 0.25) is 0 Å². The lowest BCUT2D eigenvalue weighted by molar-refractivity contribution is -0.116. The van der Waals surface area contributed by atoms with Crippen molar-refractivity contribution in [1.82, 2.24) is 5.32 Å². The smallest absolute Gasteiger partial charge is 0.256 e. The Morgan fingerprint density at radius 1 is 1.32 bits per heavy atom. The van der Waals surface area contributed by atoms with E-state index in [-0.39, 0.29) is 5.91 Å². The Morgan fingerprint density at radius 2 is 2.05 bits per heavy atom. The Hall–Kier alpha value is -2.79. The van der Waals surface area contributed by atoms with Crippen molar-refractivity contribution in [3.63, 3.8) is 0 Å². The summed E-state index contributed by atoms with van der Waals surface area (Å²) in [5.41, 5.74) is 1.10. The highest BCUT2D eigenvalue weighted by molar-refractivity contribution is 6.23. The van der Waals surface area contributed by atoms with Crippen molar-refractivity contribution in [2.75, 3.05) is 7.11 Å². The minimum atomic E-state index is -0.512. The van der Waals surface area contributed by atoms with Crippen molar-refractivity contribution in [3.05, 3.63) is 40.6 Å². The second-order valence-electron chi connectivity index (χ2n) is 5.82. The summed E-state index contributed by atoms with van der Waals surface area (Å²) in [6.07, 6.45) is 2.10. The van der Waals surface area contributed by atoms with E-state index in [1.165, 1.54) is 6.07 Å². The molecular formula is C17H15N3O2. The van der Waals surface area contributed by atoms with Crippen LogP contribution in [0.25, 0.3) is 5.57 Å². The van der Waals surface area contributed by atoms with E-state index in [9.17, 15) is 10.1 Å². The molecule has 0 radical (unpaired) electrons. The molecule has 1 aromatic carbocycles. The molecule has 0 spiro atoms. The van der Waals surface area contributed by atoms with Gasteiger partial charge in [0.1, 0.15) is 5.76 Å². The molecule has 1 amide bonds. The van der Waals surface area contributed by atoms with E-state index in [0.29, 0.717) is 33.9 Å². The van der Waals surface area contributed by atoms with Gasteiger partial charge in [0.25, 0.3) is 5.91 Å². The number of rotatable bonds is 3. The highest BCUT2D eigenvalue weighted by atomic mass is 16.5. The van der Waals surface area contributed by atoms with Crippen LogP contribution in [0.15, 0.2) is 24.0 Å². The van der Waals surface area contributed by atoms with Crippen LogP contribution in [0.5, 0.6) is 0 Å². The number of carbonyl (C=O) groups excluding carboxylic acids is 1. The topological polar surface area (TPSA) is 85.9 Å². The Balaban J connectivity index is 2.20. The maximum absolute atomic E-state index is 12.5. The molecule has 5 nitrogen and oxygen atoms in total. The molecule has 2 aliphatic rings. The highest BCUT2D eigenvalue weighted by Crippen LogP contribution is 2.48. The molecular weight excluding hydrogens is 278 g/mol. The molecule has 1 fully saturated rings. The number of carbonyl (C=O) groups is 1. The number of methoxy groups -OCH3 is 1. The lowest BCUT2D eigenvalue weighted by atomic mass is 9.91. The van der Waals surface area contributed by atoms with Gasteiger partial charge in [-0.3, -0.25) is 4.79 Å². The third-order valence-corrected chi connectivity index (χ3v) is 4.44. The molecule has 22 heavy (non-hydrogen) atoms. The van der Waals surface area contributed by atoms with E-state index in [4.69, 9.17) is 10.00 Å². The summed E-state index contributed by atoms with van der Waals surface area (Å²) in [6.45, 7) is 1.96. The van der Waals surface area contributed by atoms with Gasteiger partial charge in [-0.15, -0.1) is 0 Å². The van der Waals surface area contributed by atoms with Crippen molar-refractivity contribution >= 4 is 11.5 Å². The van der Waals surface area contributed by atoms with Crippen LogP contribution in [0.4, 0.5) is 0 Å². The fraction of sp³-hybridized carbons (Fsp3) is 0.353. The van der Waals surface area contributed by atoms with Gasteiger partial charge in [-0.2, -0.15) is 10.5 Å². The van der Waals surface area contributed by atoms with Crippen LogP contribution in [0, 0.1) is 28.6 Å². The zero-order valence-corrected chi connectivity index (χ0v) is 12.4. The fourth-order valence-corrected chi connectivity index (χ4v) is 3.15. The molecule has 0 bridgehead atoms. The molecule has 1 aromatic rings. The lowest BCUT2D eigenvalue weighted by Gasteiger charge is -2.26. The summed E-state index contributed by atoms with van der Waals surface area (Å²) >= 11 is 0. The van der Waals surface area contributed by atoms with Crippen molar-refractivity contribution < 1.29 is 9.53 Å². The van der Waals surface area contributed by atoms with Gasteiger partial charge >= 0.3 is 0 Å². The SMILES string of the molecule is COC1=C(c2ccc(C#N)cc2C#N)C(=O)NC1(C)C1CC1. The standard InChI is InChI=1S/C17H15N3O2/c1-17(12-4-5-12)15(22-2)14(16(21)20-17)13-6-3-10(8-18)7-11(13)9-19/h3,6-7,12H,4-5H2,1-2H3,(H,20,21). The first kappa shape index (κ1) is 14.2. The third-order valence-electron chi connectivity index (χ3n) is 4.44. The number of nitrogens with one attached hydrogen (secondary N) is 1. The molecule has 1 unspecified atom stereocenters. The fourth-order valence-electron chi connectivity index (χ4n) is 3.15. The van der Waals surface area contributed by atoms with E-state index in [2.05, 4.69) is 11.4 Å². The highest BCUT2D eigenvalue weighted by Gasteiger charge is 2.52. The lowest BCUT2D eigenvalue weighted by Crippen LogP contribution is -2.44. The van der Waals surface area contributed by atoms with Crippen LogP contribution in [0.3, 0.4) is 0 Å². The van der Waals surface area contributed by atoms with Crippen molar-refractivity contribution in [2.45, 2.75) is 25.3 Å². The van der Waals surface area contributed by atoms with Gasteiger partial charge < -0.3 is 10.1 Å². The van der Waals surface area contributed by atoms with E-state index in [1.54, 1.807) is 19.2 Å². The van der Waals surface area contributed by atoms with Gasteiger partial charge in [0.15, 0.2) is 0 Å². The molecule has 5 heteroatoms. The molecule has 0 saturated heterocycles. The predicted molar refractivity (Wildman–Crippen MR) is 79.1 cm³/mol. The Morgan fingerprint density at radius 3 is 2.59 bits per heavy atom. The van der Waals surface area contributed by atoms with Gasteiger partial charge in [0, 0.05) is 5.56 Å². The minimum Gasteiger partial charge on any atom is -0.498 e. The summed E-state index contributed by atoms with van der Waals surface area (Å²) in [7, 11) is 1.55. The van der Waals surface area contributed by atoms with Crippen molar-refractivity contribution in [2.24, 2.45) is 5.92 Å². The summed E-state index contributed by atoms with van der Waals surface area (Å²) in [5.74, 6) is 0.724. The second kappa shape index (κ2) is 4.89. The molecule has 3 rings (SSSR count). The van der Waals surface area contributed by atoms with Crippen LogP contribution in [-0.2, 0) is 9.53 Å². The Bertz CT molecular complexity index is 778. The first-order valence-corrected chi connectivity index (χ1v) is 7.11. The van der Waals surface area contributed by atoms with E-state index < -0.39 is 5.54 Å². The van der Waals surface area contributed by atoms with E-state index in [1.807, 2.05) is 13.0 Å². The van der Waals surface area contributed by atoms with Crippen LogP contribution in [0.1, 0.15) is 36.5 Å². The molecule has 0 aromatic heterocycles. The van der Waals surface area contributed by atoms with Crippen molar-refractivity contribution in [3.8, 4) is 12.1 Å². The monoisotopic (exact) mass is 293 g/mol. The van der Waals surface area contributed by atoms with E-state index >= 15 is 0 Å². The normalized spacial score (nSPS) is 23.7. The summed E-state index contributed by atoms with van der Waals surface area (Å²) < 4.78 is 5.54. The number of hydrogen-bond acceptors (Lipinski definition) is 4. The largest absolute Gasteiger partial charge is 0.498 e. The zero-order chi connectivity index (χ0) is 15.9. The van der Waals surface area contributed by atoms with Gasteiger partial charge in [-0.25, -0.2) is 0 Å². The molecule has 110 valence electrons. The maximum atomic E-state index is 12.5. The summed E-state index contributed by atoms with van der Waals surface area (Å²) in [4.78, 5) is 12.5. The summed E-state index contributed by atoms with van der Waals surface area (Å²) in [6, 6.07) is 8.81. The molecule has 1 aliphatic carbocycles. The first-order valence-electron chi connectivity index (χ1n) is 7.11. The summed E-state index contributed by atoms with van der Waals surface area (Å²) in [5, 5.41) is 21.3. The molecule has 1 aliphatic heterocycles. The van der Waals surface area contributed by atoms with Gasteiger partial charge in [0.05, 0.1) is 41.5 Å². The van der Waals surface area contributed by atoms with Crippen molar-refractivity contribution in [1.29, 1.82) is 10.5 Å². The first-order chi connectivity index (χ1) is 10.5. The molecule has 1 saturated carbocycles. The number of amides is 1. The Labute approximate surface area is 128 Å². The second-order valence-corrected chi connectivity index (χ2v) is 5.82. The maximum Gasteiger partial charge on any atom is 0.256 e. The number of hydrogen-bond donors (Lipinski definition) is 1. The van der Waals surface area contributed by atoms with Crippen LogP contribution >= 0.6 is 0 Å². The van der Waals surface area contributed by atoms with Crippen LogP contribution in [-0.4, -0.2) is 18.6 Å². The average molecular weight is 293 g/mol. The average Bonchev–Trinajstić information content (AvgIpc) is 3.33. The third kappa shape index (κ3) is 1.95. The van der Waals surface area contributed by atoms with Gasteiger partial charge in [0.2, 0.25) is 0 Å². The number of nitrogens with zero attached hydrogens (tertiary/aromatic N) is 2. The van der Waals surface area contributed by atoms with Gasteiger partial charge in [-0.05, 0) is 37.8 Å². The molecule has 1 atom stereocenters. The number of ether oxygens (including phenoxy) is 1. The quantitative estimate of drug-likeness (QED) is 0.924. The molecule has 1 heterocycles. The minimum absolute atomic E-state index is 0.229. The van der Waals surface area contributed by atoms with Crippen LogP contribution < -0.4 is 5.32 Å². The number of benzene rings is 1. The molecule has 1 N–H and O–H groups in total. The van der Waals surface area contributed by atoms with E-state index in [0.717, 1.165) is 12.8 Å².